The van der Waals surface area contributed by atoms with Gasteiger partial charge in [0, 0.05) is 0 Å². The second-order valence-electron chi connectivity index (χ2n) is 9.75. The van der Waals surface area contributed by atoms with Crippen LogP contribution in [0.2, 0.25) is 0 Å². The van der Waals surface area contributed by atoms with Crippen molar-refractivity contribution in [3.05, 3.63) is 119 Å². The molecule has 37 heavy (non-hydrogen) atoms. The Morgan fingerprint density at radius 1 is 0.405 bits per heavy atom. The van der Waals surface area contributed by atoms with Gasteiger partial charge in [0.15, 0.2) is 0 Å². The average Bonchev–Trinajstić information content (AvgIpc) is 2.97. The van der Waals surface area contributed by atoms with Crippen molar-refractivity contribution in [2.45, 2.75) is 57.8 Å². The van der Waals surface area contributed by atoms with Crippen LogP contribution in [0.4, 0.5) is 0 Å². The van der Waals surface area contributed by atoms with Gasteiger partial charge in [-0.05, 0) is 83.3 Å². The first kappa shape index (κ1) is 25.9. The minimum Gasteiger partial charge on any atom is -0.192 e. The van der Waals surface area contributed by atoms with Crippen LogP contribution in [0.25, 0.3) is 22.3 Å². The molecular formula is C35H34N2. The summed E-state index contributed by atoms with van der Waals surface area (Å²) in [6, 6.07) is 37.6. The van der Waals surface area contributed by atoms with Gasteiger partial charge in [-0.1, -0.05) is 105 Å². The molecule has 184 valence electrons. The first-order valence-electron chi connectivity index (χ1n) is 13.4. The molecule has 0 atom stereocenters. The third kappa shape index (κ3) is 7.93. The molecule has 0 aromatic heterocycles. The van der Waals surface area contributed by atoms with Crippen LogP contribution in [-0.4, -0.2) is 0 Å². The topological polar surface area (TPSA) is 47.6 Å². The Kier molecular flexibility index (Phi) is 9.69. The van der Waals surface area contributed by atoms with E-state index >= 15 is 0 Å². The Balaban J connectivity index is 1.08. The van der Waals surface area contributed by atoms with Crippen LogP contribution in [0.15, 0.2) is 97.1 Å². The molecule has 0 fully saturated rings. The fourth-order valence-corrected chi connectivity index (χ4v) is 4.79. The third-order valence-corrected chi connectivity index (χ3v) is 7.01. The van der Waals surface area contributed by atoms with E-state index < -0.39 is 0 Å². The van der Waals surface area contributed by atoms with Gasteiger partial charge in [0.05, 0.1) is 23.3 Å². The highest BCUT2D eigenvalue weighted by molar-refractivity contribution is 5.65. The minimum absolute atomic E-state index is 0.700. The number of unbranched alkanes of at least 4 members (excludes halogenated alkanes) is 6. The van der Waals surface area contributed by atoms with Crippen LogP contribution in [0.1, 0.15) is 67.2 Å². The monoisotopic (exact) mass is 482 g/mol. The van der Waals surface area contributed by atoms with Crippen molar-refractivity contribution in [2.75, 3.05) is 0 Å². The molecule has 4 aromatic carbocycles. The molecule has 4 rings (SSSR count). The van der Waals surface area contributed by atoms with Gasteiger partial charge in [-0.3, -0.25) is 0 Å². The van der Waals surface area contributed by atoms with Crippen molar-refractivity contribution in [3.63, 3.8) is 0 Å². The molecule has 0 N–H and O–H groups in total. The second kappa shape index (κ2) is 13.8. The van der Waals surface area contributed by atoms with Gasteiger partial charge in [-0.2, -0.15) is 10.5 Å². The van der Waals surface area contributed by atoms with E-state index in [0.717, 1.165) is 18.4 Å². The lowest BCUT2D eigenvalue weighted by Gasteiger charge is -2.07. The summed E-state index contributed by atoms with van der Waals surface area (Å²) in [5, 5.41) is 17.9. The molecule has 0 bridgehead atoms. The summed E-state index contributed by atoms with van der Waals surface area (Å²) in [7, 11) is 0. The van der Waals surface area contributed by atoms with E-state index in [0.29, 0.717) is 11.1 Å². The number of benzene rings is 4. The molecule has 0 spiro atoms. The average molecular weight is 483 g/mol. The van der Waals surface area contributed by atoms with Crippen LogP contribution in [0.5, 0.6) is 0 Å². The molecule has 0 radical (unpaired) electrons. The highest BCUT2D eigenvalue weighted by Crippen LogP contribution is 2.23. The van der Waals surface area contributed by atoms with Crippen molar-refractivity contribution < 1.29 is 0 Å². The summed E-state index contributed by atoms with van der Waals surface area (Å²) >= 11 is 0. The third-order valence-electron chi connectivity index (χ3n) is 7.01. The normalized spacial score (nSPS) is 10.5. The molecule has 0 aliphatic heterocycles. The van der Waals surface area contributed by atoms with E-state index in [1.54, 1.807) is 0 Å². The molecule has 0 amide bonds. The highest BCUT2D eigenvalue weighted by atomic mass is 14.2. The van der Waals surface area contributed by atoms with E-state index in [1.807, 2.05) is 48.5 Å². The molecule has 0 heterocycles. The predicted octanol–water partition coefficient (Wildman–Crippen LogP) is 9.28. The molecule has 2 heteroatoms. The standard InChI is InChI=1S/C35H34N2/c36-26-30-15-21-33(22-16-30)32-19-13-28(14-20-32)9-6-4-2-1-3-5-7-10-29-11-8-12-35(25-29)34-23-17-31(27-37)18-24-34/h8,11-25H,1-7,9-10H2. The number of nitriles is 2. The van der Waals surface area contributed by atoms with E-state index in [-0.39, 0.29) is 0 Å². The van der Waals surface area contributed by atoms with E-state index in [9.17, 15) is 0 Å². The largest absolute Gasteiger partial charge is 0.192 e. The predicted molar refractivity (Wildman–Crippen MR) is 153 cm³/mol. The van der Waals surface area contributed by atoms with Gasteiger partial charge >= 0.3 is 0 Å². The number of rotatable bonds is 12. The van der Waals surface area contributed by atoms with Crippen LogP contribution < -0.4 is 0 Å². The number of aryl methyl sites for hydroxylation is 2. The molecule has 0 aliphatic carbocycles. The maximum absolute atomic E-state index is 8.99. The Labute approximate surface area is 221 Å². The van der Waals surface area contributed by atoms with Gasteiger partial charge < -0.3 is 0 Å². The zero-order valence-corrected chi connectivity index (χ0v) is 21.5. The van der Waals surface area contributed by atoms with Gasteiger partial charge in [-0.25, -0.2) is 0 Å². The van der Waals surface area contributed by atoms with Crippen LogP contribution in [0, 0.1) is 22.7 Å². The summed E-state index contributed by atoms with van der Waals surface area (Å²) in [5.74, 6) is 0. The van der Waals surface area contributed by atoms with E-state index in [2.05, 4.69) is 60.7 Å². The van der Waals surface area contributed by atoms with Gasteiger partial charge in [0.2, 0.25) is 0 Å². The van der Waals surface area contributed by atoms with Gasteiger partial charge in [0.25, 0.3) is 0 Å². The lowest BCUT2D eigenvalue weighted by Crippen LogP contribution is -1.89. The first-order valence-corrected chi connectivity index (χ1v) is 13.4. The Morgan fingerprint density at radius 2 is 0.838 bits per heavy atom. The van der Waals surface area contributed by atoms with Crippen LogP contribution >= 0.6 is 0 Å². The zero-order valence-electron chi connectivity index (χ0n) is 21.5. The summed E-state index contributed by atoms with van der Waals surface area (Å²) in [6.45, 7) is 0. The summed E-state index contributed by atoms with van der Waals surface area (Å²) < 4.78 is 0. The quantitative estimate of drug-likeness (QED) is 0.189. The zero-order chi connectivity index (χ0) is 25.7. The fraction of sp³-hybridized carbons (Fsp3) is 0.257. The van der Waals surface area contributed by atoms with Crippen molar-refractivity contribution >= 4 is 0 Å². The molecular weight excluding hydrogens is 448 g/mol. The maximum atomic E-state index is 8.99. The molecule has 0 aliphatic rings. The second-order valence-corrected chi connectivity index (χ2v) is 9.75. The van der Waals surface area contributed by atoms with E-state index in [1.165, 1.54) is 72.8 Å². The highest BCUT2D eigenvalue weighted by Gasteiger charge is 2.02. The molecule has 2 nitrogen and oxygen atoms in total. The van der Waals surface area contributed by atoms with Crippen molar-refractivity contribution in [1.29, 1.82) is 10.5 Å². The fourth-order valence-electron chi connectivity index (χ4n) is 4.79. The first-order chi connectivity index (χ1) is 18.2. The number of hydrogen-bond acceptors (Lipinski definition) is 2. The van der Waals surface area contributed by atoms with Crippen molar-refractivity contribution in [2.24, 2.45) is 0 Å². The minimum atomic E-state index is 0.700. The molecule has 0 saturated heterocycles. The summed E-state index contributed by atoms with van der Waals surface area (Å²) in [4.78, 5) is 0. The maximum Gasteiger partial charge on any atom is 0.0991 e. The Hall–Kier alpha value is -4.14. The molecule has 4 aromatic rings. The van der Waals surface area contributed by atoms with E-state index in [4.69, 9.17) is 10.5 Å². The Bertz CT molecular complexity index is 1340. The van der Waals surface area contributed by atoms with Crippen LogP contribution in [0.3, 0.4) is 0 Å². The molecule has 0 unspecified atom stereocenters. The van der Waals surface area contributed by atoms with Gasteiger partial charge in [0.1, 0.15) is 0 Å². The SMILES string of the molecule is N#Cc1ccc(-c2ccc(CCCCCCCCCc3cccc(-c4ccc(C#N)cc4)c3)cc2)cc1. The lowest BCUT2D eigenvalue weighted by molar-refractivity contribution is 0.579. The van der Waals surface area contributed by atoms with Crippen molar-refractivity contribution in [1.82, 2.24) is 0 Å². The smallest absolute Gasteiger partial charge is 0.0991 e. The van der Waals surface area contributed by atoms with Crippen LogP contribution in [-0.2, 0) is 12.8 Å². The van der Waals surface area contributed by atoms with Gasteiger partial charge in [-0.15, -0.1) is 0 Å². The molecule has 0 saturated carbocycles. The lowest BCUT2D eigenvalue weighted by atomic mass is 9.98. The number of hydrogen-bond donors (Lipinski definition) is 0. The summed E-state index contributed by atoms with van der Waals surface area (Å²) in [5.41, 5.74) is 8.96. The Morgan fingerprint density at radius 3 is 1.35 bits per heavy atom. The number of nitrogens with zero attached hydrogens (tertiary/aromatic N) is 2. The summed E-state index contributed by atoms with van der Waals surface area (Å²) in [6.07, 6.45) is 11.3. The van der Waals surface area contributed by atoms with Crippen molar-refractivity contribution in [3.8, 4) is 34.4 Å².